The highest BCUT2D eigenvalue weighted by Crippen LogP contribution is 2.20. The first-order valence-electron chi connectivity index (χ1n) is 5.35. The van der Waals surface area contributed by atoms with E-state index in [1.54, 1.807) is 0 Å². The summed E-state index contributed by atoms with van der Waals surface area (Å²) in [5, 5.41) is 0. The van der Waals surface area contributed by atoms with Crippen molar-refractivity contribution in [3.63, 3.8) is 0 Å². The van der Waals surface area contributed by atoms with Gasteiger partial charge in [-0.1, -0.05) is 6.92 Å². The van der Waals surface area contributed by atoms with Gasteiger partial charge in [-0.2, -0.15) is 0 Å². The minimum absolute atomic E-state index is 0.0207. The van der Waals surface area contributed by atoms with Gasteiger partial charge in [0.2, 0.25) is 0 Å². The zero-order chi connectivity index (χ0) is 11.6. The number of ether oxygens (including phenoxy) is 1. The largest absolute Gasteiger partial charge is 0.444 e. The smallest absolute Gasteiger partial charge is 0.410 e. The van der Waals surface area contributed by atoms with Crippen LogP contribution in [0.15, 0.2) is 0 Å². The Hall–Kier alpha value is -1.06. The maximum Gasteiger partial charge on any atom is 0.410 e. The fourth-order valence-corrected chi connectivity index (χ4v) is 1.66. The lowest BCUT2D eigenvalue weighted by molar-refractivity contribution is -0.117. The van der Waals surface area contributed by atoms with E-state index in [1.165, 1.54) is 4.90 Å². The Kier molecular flexibility index (Phi) is 3.37. The van der Waals surface area contributed by atoms with Crippen LogP contribution in [0.3, 0.4) is 0 Å². The van der Waals surface area contributed by atoms with Crippen molar-refractivity contribution in [2.45, 2.75) is 52.2 Å². The molecule has 0 aromatic carbocycles. The molecule has 0 radical (unpaired) electrons. The van der Waals surface area contributed by atoms with Crippen LogP contribution >= 0.6 is 0 Å². The minimum Gasteiger partial charge on any atom is -0.444 e. The minimum atomic E-state index is -0.499. The highest BCUT2D eigenvalue weighted by molar-refractivity contribution is 5.88. The van der Waals surface area contributed by atoms with E-state index >= 15 is 0 Å². The van der Waals surface area contributed by atoms with E-state index in [0.717, 1.165) is 6.42 Å². The predicted octanol–water partition coefficient (Wildman–Crippen LogP) is 1.97. The summed E-state index contributed by atoms with van der Waals surface area (Å²) in [6, 6.07) is 0.0207. The van der Waals surface area contributed by atoms with Crippen molar-refractivity contribution in [1.82, 2.24) is 4.90 Å². The van der Waals surface area contributed by atoms with Gasteiger partial charge < -0.3 is 4.74 Å². The van der Waals surface area contributed by atoms with Gasteiger partial charge in [0.05, 0.1) is 6.54 Å². The van der Waals surface area contributed by atoms with Gasteiger partial charge in [-0.25, -0.2) is 4.79 Å². The number of nitrogens with zero attached hydrogens (tertiary/aromatic N) is 1. The summed E-state index contributed by atoms with van der Waals surface area (Å²) in [4.78, 5) is 24.5. The maximum absolute atomic E-state index is 11.7. The fraction of sp³-hybridized carbons (Fsp3) is 0.818. The molecule has 1 atom stereocenters. The van der Waals surface area contributed by atoms with Gasteiger partial charge in [0.1, 0.15) is 5.60 Å². The second-order valence-corrected chi connectivity index (χ2v) is 4.91. The fourth-order valence-electron chi connectivity index (χ4n) is 1.66. The SMILES string of the molecule is CC[C@H]1CC(=O)CN1C(=O)OC(C)(C)C. The molecular weight excluding hydrogens is 194 g/mol. The van der Waals surface area contributed by atoms with Crippen molar-refractivity contribution in [3.05, 3.63) is 0 Å². The van der Waals surface area contributed by atoms with Gasteiger partial charge >= 0.3 is 6.09 Å². The summed E-state index contributed by atoms with van der Waals surface area (Å²) in [6.07, 6.45) is 0.890. The number of hydrogen-bond acceptors (Lipinski definition) is 3. The van der Waals surface area contributed by atoms with Crippen LogP contribution in [0.5, 0.6) is 0 Å². The van der Waals surface area contributed by atoms with Gasteiger partial charge in [0, 0.05) is 12.5 Å². The number of rotatable bonds is 1. The van der Waals surface area contributed by atoms with Crippen LogP contribution in [0.1, 0.15) is 40.5 Å². The molecule has 15 heavy (non-hydrogen) atoms. The predicted molar refractivity (Wildman–Crippen MR) is 56.6 cm³/mol. The van der Waals surface area contributed by atoms with E-state index in [0.29, 0.717) is 6.42 Å². The van der Waals surface area contributed by atoms with E-state index < -0.39 is 5.60 Å². The molecule has 0 aromatic rings. The maximum atomic E-state index is 11.7. The quantitative estimate of drug-likeness (QED) is 0.669. The number of carbonyl (C=O) groups is 2. The summed E-state index contributed by atoms with van der Waals surface area (Å²) in [5.74, 6) is 0.118. The third kappa shape index (κ3) is 3.22. The molecule has 1 rings (SSSR count). The second kappa shape index (κ2) is 4.21. The number of hydrogen-bond donors (Lipinski definition) is 0. The molecule has 1 heterocycles. The molecule has 4 nitrogen and oxygen atoms in total. The molecular formula is C11H19NO3. The van der Waals surface area contributed by atoms with Gasteiger partial charge in [0.15, 0.2) is 5.78 Å². The first kappa shape index (κ1) is 12.0. The number of likely N-dealkylation sites (tertiary alicyclic amines) is 1. The third-order valence-electron chi connectivity index (χ3n) is 2.35. The van der Waals surface area contributed by atoms with Gasteiger partial charge in [-0.15, -0.1) is 0 Å². The molecule has 1 aliphatic heterocycles. The van der Waals surface area contributed by atoms with Crippen LogP contribution in [-0.4, -0.2) is 35.0 Å². The van der Waals surface area contributed by atoms with Crippen molar-refractivity contribution in [2.24, 2.45) is 0 Å². The van der Waals surface area contributed by atoms with Gasteiger partial charge in [-0.3, -0.25) is 9.69 Å². The normalized spacial score (nSPS) is 22.0. The van der Waals surface area contributed by atoms with Crippen LogP contribution in [0.4, 0.5) is 4.79 Å². The van der Waals surface area contributed by atoms with Crippen LogP contribution in [0.2, 0.25) is 0 Å². The van der Waals surface area contributed by atoms with Gasteiger partial charge in [-0.05, 0) is 27.2 Å². The lowest BCUT2D eigenvalue weighted by Crippen LogP contribution is -2.39. The van der Waals surface area contributed by atoms with E-state index in [4.69, 9.17) is 4.74 Å². The molecule has 0 saturated carbocycles. The standard InChI is InChI=1S/C11H19NO3/c1-5-8-6-9(13)7-12(8)10(14)15-11(2,3)4/h8H,5-7H2,1-4H3/t8-/m0/s1. The Morgan fingerprint density at radius 2 is 2.13 bits per heavy atom. The highest BCUT2D eigenvalue weighted by Gasteiger charge is 2.35. The van der Waals surface area contributed by atoms with E-state index in [1.807, 2.05) is 27.7 Å². The number of carbonyl (C=O) groups excluding carboxylic acids is 2. The summed E-state index contributed by atoms with van der Waals surface area (Å²) in [5.41, 5.74) is -0.499. The Morgan fingerprint density at radius 1 is 1.53 bits per heavy atom. The van der Waals surface area contributed by atoms with Crippen molar-refractivity contribution >= 4 is 11.9 Å². The Bertz CT molecular complexity index is 267. The van der Waals surface area contributed by atoms with Crippen LogP contribution in [-0.2, 0) is 9.53 Å². The van der Waals surface area contributed by atoms with Crippen molar-refractivity contribution in [2.75, 3.05) is 6.54 Å². The van der Waals surface area contributed by atoms with Crippen LogP contribution in [0, 0.1) is 0 Å². The van der Waals surface area contributed by atoms with E-state index in [2.05, 4.69) is 0 Å². The molecule has 0 bridgehead atoms. The number of Topliss-reactive ketones (excluding diaryl/α,β-unsaturated/α-hetero) is 1. The molecule has 1 fully saturated rings. The van der Waals surface area contributed by atoms with Crippen LogP contribution < -0.4 is 0 Å². The Balaban J connectivity index is 2.63. The molecule has 86 valence electrons. The molecule has 0 N–H and O–H groups in total. The number of ketones is 1. The third-order valence-corrected chi connectivity index (χ3v) is 2.35. The van der Waals surface area contributed by atoms with E-state index in [9.17, 15) is 9.59 Å². The topological polar surface area (TPSA) is 46.6 Å². The first-order chi connectivity index (χ1) is 6.83. The molecule has 0 aliphatic carbocycles. The Morgan fingerprint density at radius 3 is 2.60 bits per heavy atom. The lowest BCUT2D eigenvalue weighted by atomic mass is 10.1. The Labute approximate surface area is 90.6 Å². The molecule has 1 aliphatic rings. The van der Waals surface area contributed by atoms with Crippen LogP contribution in [0.25, 0.3) is 0 Å². The van der Waals surface area contributed by atoms with Crippen molar-refractivity contribution in [3.8, 4) is 0 Å². The second-order valence-electron chi connectivity index (χ2n) is 4.91. The summed E-state index contributed by atoms with van der Waals surface area (Å²) in [7, 11) is 0. The molecule has 0 unspecified atom stereocenters. The average Bonchev–Trinajstić information content (AvgIpc) is 2.43. The van der Waals surface area contributed by atoms with E-state index in [-0.39, 0.29) is 24.5 Å². The van der Waals surface area contributed by atoms with Gasteiger partial charge in [0.25, 0.3) is 0 Å². The van der Waals surface area contributed by atoms with Crippen molar-refractivity contribution in [1.29, 1.82) is 0 Å². The van der Waals surface area contributed by atoms with Crippen molar-refractivity contribution < 1.29 is 14.3 Å². The molecule has 0 aromatic heterocycles. The monoisotopic (exact) mass is 213 g/mol. The first-order valence-corrected chi connectivity index (χ1v) is 5.35. The molecule has 1 saturated heterocycles. The number of amides is 1. The molecule has 1 amide bonds. The molecule has 4 heteroatoms. The summed E-state index contributed by atoms with van der Waals surface area (Å²) >= 11 is 0. The average molecular weight is 213 g/mol. The lowest BCUT2D eigenvalue weighted by Gasteiger charge is -2.27. The zero-order valence-electron chi connectivity index (χ0n) is 9.87. The zero-order valence-corrected chi connectivity index (χ0v) is 9.87. The molecule has 0 spiro atoms. The summed E-state index contributed by atoms with van der Waals surface area (Å²) in [6.45, 7) is 7.64. The summed E-state index contributed by atoms with van der Waals surface area (Å²) < 4.78 is 5.24. The highest BCUT2D eigenvalue weighted by atomic mass is 16.6.